The molecule has 6 atom stereocenters. The van der Waals surface area contributed by atoms with Gasteiger partial charge in [-0.25, -0.2) is 14.8 Å². The summed E-state index contributed by atoms with van der Waals surface area (Å²) in [7, 11) is 1.84. The highest BCUT2D eigenvalue weighted by atomic mass is 16.5. The molecule has 4 aromatic rings. The lowest BCUT2D eigenvalue weighted by Gasteiger charge is -2.37. The van der Waals surface area contributed by atoms with Crippen molar-refractivity contribution in [1.82, 2.24) is 35.1 Å². The summed E-state index contributed by atoms with van der Waals surface area (Å²) in [5, 5.41) is 11.0. The van der Waals surface area contributed by atoms with Crippen LogP contribution in [0.4, 0.5) is 22.1 Å². The topological polar surface area (TPSA) is 183 Å². The van der Waals surface area contributed by atoms with E-state index in [1.54, 1.807) is 11.1 Å². The molecule has 0 radical (unpaired) electrons. The van der Waals surface area contributed by atoms with Gasteiger partial charge in [-0.15, -0.1) is 0 Å². The lowest BCUT2D eigenvalue weighted by Crippen LogP contribution is -2.49. The predicted molar refractivity (Wildman–Crippen MR) is 216 cm³/mol. The summed E-state index contributed by atoms with van der Waals surface area (Å²) in [5.41, 5.74) is 12.0. The van der Waals surface area contributed by atoms with Crippen molar-refractivity contribution in [3.8, 4) is 0 Å². The fourth-order valence-corrected chi connectivity index (χ4v) is 10.9. The Balaban J connectivity index is 0.745. The first kappa shape index (κ1) is 36.7. The number of anilines is 3. The van der Waals surface area contributed by atoms with Gasteiger partial charge < -0.3 is 35.2 Å². The molecule has 4 aliphatic heterocycles. The summed E-state index contributed by atoms with van der Waals surface area (Å²) in [6.45, 7) is 6.24. The van der Waals surface area contributed by atoms with Gasteiger partial charge in [0.1, 0.15) is 11.5 Å². The third kappa shape index (κ3) is 6.72. The normalized spacial score (nSPS) is 27.4. The summed E-state index contributed by atoms with van der Waals surface area (Å²) in [4.78, 5) is 67.2. The molecular formula is C43H50N10O5. The van der Waals surface area contributed by atoms with Gasteiger partial charge in [-0.05, 0) is 97.9 Å². The Morgan fingerprint density at radius 1 is 0.983 bits per heavy atom. The lowest BCUT2D eigenvalue weighted by molar-refractivity contribution is -0.134. The van der Waals surface area contributed by atoms with Crippen molar-refractivity contribution < 1.29 is 23.7 Å². The second-order valence-electron chi connectivity index (χ2n) is 17.5. The monoisotopic (exact) mass is 786 g/mol. The van der Waals surface area contributed by atoms with E-state index in [2.05, 4.69) is 60.9 Å². The molecule has 15 heteroatoms. The minimum atomic E-state index is -0.642. The number of carbonyl (C=O) groups is 4. The maximum Gasteiger partial charge on any atom is 0.320 e. The Morgan fingerprint density at radius 3 is 2.53 bits per heavy atom. The average Bonchev–Trinajstić information content (AvgIpc) is 4.05. The van der Waals surface area contributed by atoms with E-state index in [4.69, 9.17) is 15.2 Å². The number of imide groups is 1. The molecule has 0 spiro atoms. The summed E-state index contributed by atoms with van der Waals surface area (Å²) >= 11 is 0. The molecule has 5 amide bonds. The quantitative estimate of drug-likeness (QED) is 0.207. The van der Waals surface area contributed by atoms with E-state index in [0.29, 0.717) is 60.4 Å². The molecule has 2 aromatic carbocycles. The summed E-state index contributed by atoms with van der Waals surface area (Å²) in [6, 6.07) is 12.9. The van der Waals surface area contributed by atoms with E-state index >= 15 is 0 Å². The van der Waals surface area contributed by atoms with E-state index in [-0.39, 0.29) is 29.6 Å². The second kappa shape index (κ2) is 14.7. The Morgan fingerprint density at radius 2 is 1.79 bits per heavy atom. The maximum atomic E-state index is 12.7. The van der Waals surface area contributed by atoms with Gasteiger partial charge in [-0.1, -0.05) is 23.4 Å². The smallest absolute Gasteiger partial charge is 0.320 e. The number of nitrogens with one attached hydrogen (secondary N) is 2. The molecule has 4 N–H and O–H groups in total. The number of carbonyl (C=O) groups excluding carboxylic acids is 4. The molecule has 2 aromatic heterocycles. The molecule has 4 saturated heterocycles. The number of aromatic nitrogens is 3. The van der Waals surface area contributed by atoms with Gasteiger partial charge in [0, 0.05) is 75.9 Å². The Hall–Kier alpha value is -5.57. The van der Waals surface area contributed by atoms with Gasteiger partial charge in [-0.3, -0.25) is 19.7 Å². The zero-order valence-corrected chi connectivity index (χ0v) is 32.9. The zero-order valence-electron chi connectivity index (χ0n) is 32.9. The van der Waals surface area contributed by atoms with Crippen molar-refractivity contribution in [2.75, 3.05) is 63.1 Å². The molecule has 3 unspecified atom stereocenters. The van der Waals surface area contributed by atoms with Gasteiger partial charge in [0.2, 0.25) is 11.8 Å². The van der Waals surface area contributed by atoms with Crippen LogP contribution in [0.15, 0.2) is 47.1 Å². The van der Waals surface area contributed by atoms with E-state index in [0.717, 1.165) is 81.6 Å². The Bertz CT molecular complexity index is 2280. The molecule has 0 bridgehead atoms. The number of benzene rings is 2. The van der Waals surface area contributed by atoms with Gasteiger partial charge in [0.25, 0.3) is 5.91 Å². The summed E-state index contributed by atoms with van der Waals surface area (Å²) < 4.78 is 5.89. The maximum absolute atomic E-state index is 12.7. The number of primary amides is 1. The van der Waals surface area contributed by atoms with Crippen LogP contribution in [0.5, 0.6) is 0 Å². The highest BCUT2D eigenvalue weighted by Gasteiger charge is 2.42. The number of nitrogens with two attached hydrogens (primary N) is 1. The molecule has 6 aliphatic rings. The molecule has 58 heavy (non-hydrogen) atoms. The highest BCUT2D eigenvalue weighted by Crippen LogP contribution is 2.47. The van der Waals surface area contributed by atoms with Crippen molar-refractivity contribution in [3.05, 3.63) is 70.7 Å². The number of nitrogens with zero attached hydrogens (tertiary/aromatic N) is 7. The number of hydrogen-bond acceptors (Lipinski definition) is 11. The lowest BCUT2D eigenvalue weighted by atomic mass is 9.92. The third-order valence-electron chi connectivity index (χ3n) is 13.8. The first-order valence-electron chi connectivity index (χ1n) is 20.9. The van der Waals surface area contributed by atoms with Crippen molar-refractivity contribution in [1.29, 1.82) is 0 Å². The fourth-order valence-electron chi connectivity index (χ4n) is 10.9. The number of piperidine rings is 2. The van der Waals surface area contributed by atoms with E-state index in [9.17, 15) is 19.2 Å². The SMILES string of the molecule is CN1CCN([C@@H]2CCCN(c3cnc(C(N)=O)c(Nc4ccc(C5C[C@@H]6CN(CC7Cc8ccc9c(C%10CCC(=O)NC%10=O)noc9c8C7)C[C@@H]6C5)cc4)n3)C2)C1=O. The largest absolute Gasteiger partial charge is 0.364 e. The van der Waals surface area contributed by atoms with Gasteiger partial charge in [0.15, 0.2) is 17.1 Å². The van der Waals surface area contributed by atoms with Crippen LogP contribution in [0.3, 0.4) is 0 Å². The number of likely N-dealkylation sites (tertiary alicyclic amines) is 1. The fraction of sp³-hybridized carbons (Fsp3) is 0.512. The minimum Gasteiger partial charge on any atom is -0.364 e. The summed E-state index contributed by atoms with van der Waals surface area (Å²) in [5.74, 6) is 1.76. The predicted octanol–water partition coefficient (Wildman–Crippen LogP) is 4.16. The first-order chi connectivity index (χ1) is 28.1. The van der Waals surface area contributed by atoms with Crippen molar-refractivity contribution in [2.45, 2.75) is 69.2 Å². The van der Waals surface area contributed by atoms with Crippen LogP contribution >= 0.6 is 0 Å². The Kier molecular flexibility index (Phi) is 9.29. The van der Waals surface area contributed by atoms with Gasteiger partial charge in [-0.2, -0.15) is 0 Å². The Labute approximate surface area is 336 Å². The van der Waals surface area contributed by atoms with E-state index < -0.39 is 11.8 Å². The summed E-state index contributed by atoms with van der Waals surface area (Å²) in [6.07, 6.45) is 8.58. The number of likely N-dealkylation sites (N-methyl/N-ethyl adjacent to an activating group) is 1. The van der Waals surface area contributed by atoms with E-state index in [1.165, 1.54) is 29.5 Å². The zero-order chi connectivity index (χ0) is 39.7. The number of fused-ring (bicyclic) bond motifs is 4. The molecular weight excluding hydrogens is 737 g/mol. The van der Waals surface area contributed by atoms with Crippen LogP contribution in [0.1, 0.15) is 83.2 Å². The minimum absolute atomic E-state index is 0.0724. The van der Waals surface area contributed by atoms with Crippen LogP contribution in [0.2, 0.25) is 0 Å². The molecule has 15 nitrogen and oxygen atoms in total. The molecule has 5 fully saturated rings. The molecule has 2 aliphatic carbocycles. The van der Waals surface area contributed by atoms with E-state index in [1.807, 2.05) is 18.0 Å². The van der Waals surface area contributed by atoms with Crippen LogP contribution in [-0.4, -0.2) is 112 Å². The van der Waals surface area contributed by atoms with Gasteiger partial charge in [0.05, 0.1) is 18.2 Å². The standard InChI is InChI=1S/C43H50N10O5/c1-50-13-14-53(43(50)57)31-3-2-12-52(23-31)35-19-45-38(40(44)55)41(47-35)46-30-7-4-25(5-8-30)27-17-28-21-51(22-29(28)18-27)20-24-15-26-6-9-32-37(49-58-39(32)34(26)16-24)33-10-11-36(54)48-42(33)56/h4-9,19,24,27-29,31,33H,2-3,10-18,20-23H2,1H3,(H2,44,55)(H,46,47)(H,48,54,56)/t24?,27?,28-,29+,31-,33?/m1/s1. The second-order valence-corrected chi connectivity index (χ2v) is 17.5. The van der Waals surface area contributed by atoms with Crippen LogP contribution < -0.4 is 21.3 Å². The molecule has 302 valence electrons. The highest BCUT2D eigenvalue weighted by molar-refractivity contribution is 6.02. The number of hydrogen-bond donors (Lipinski definition) is 3. The molecule has 10 rings (SSSR count). The van der Waals surface area contributed by atoms with Crippen molar-refractivity contribution >= 4 is 52.0 Å². The number of amides is 5. The third-order valence-corrected chi connectivity index (χ3v) is 13.8. The first-order valence-corrected chi connectivity index (χ1v) is 20.9. The van der Waals surface area contributed by atoms with Crippen LogP contribution in [0, 0.1) is 17.8 Å². The van der Waals surface area contributed by atoms with Crippen molar-refractivity contribution in [2.24, 2.45) is 23.5 Å². The average molecular weight is 787 g/mol. The molecule has 6 heterocycles. The number of urea groups is 1. The molecule has 1 saturated carbocycles. The van der Waals surface area contributed by atoms with Crippen LogP contribution in [0.25, 0.3) is 11.0 Å². The van der Waals surface area contributed by atoms with Gasteiger partial charge >= 0.3 is 6.03 Å². The van der Waals surface area contributed by atoms with Crippen LogP contribution in [-0.2, 0) is 22.4 Å². The number of rotatable bonds is 9. The van der Waals surface area contributed by atoms with Crippen molar-refractivity contribution in [3.63, 3.8) is 0 Å².